The molecule has 27 heavy (non-hydrogen) atoms. The van der Waals surface area contributed by atoms with E-state index in [4.69, 9.17) is 4.74 Å². The van der Waals surface area contributed by atoms with Crippen LogP contribution in [0.15, 0.2) is 36.4 Å². The molecule has 1 saturated heterocycles. The normalized spacial score (nSPS) is 19.9. The van der Waals surface area contributed by atoms with E-state index in [9.17, 15) is 4.79 Å². The fraction of sp³-hybridized carbons (Fsp3) is 0.500. The number of anilines is 1. The molecule has 1 aromatic heterocycles. The van der Waals surface area contributed by atoms with Crippen molar-refractivity contribution in [2.75, 3.05) is 38.3 Å². The topological polar surface area (TPSA) is 62.6 Å². The summed E-state index contributed by atoms with van der Waals surface area (Å²) in [4.78, 5) is 16.6. The van der Waals surface area contributed by atoms with Gasteiger partial charge in [0.2, 0.25) is 5.91 Å². The molecule has 0 aliphatic carbocycles. The van der Waals surface area contributed by atoms with Crippen LogP contribution < -0.4 is 10.2 Å². The molecule has 2 aliphatic rings. The van der Waals surface area contributed by atoms with Gasteiger partial charge in [-0.05, 0) is 24.6 Å². The lowest BCUT2D eigenvalue weighted by Gasteiger charge is -2.32. The number of aromatic nitrogens is 2. The Labute approximate surface area is 159 Å². The van der Waals surface area contributed by atoms with Crippen molar-refractivity contribution in [1.82, 2.24) is 20.0 Å². The predicted molar refractivity (Wildman–Crippen MR) is 103 cm³/mol. The third kappa shape index (κ3) is 4.14. The van der Waals surface area contributed by atoms with Crippen LogP contribution in [0.3, 0.4) is 0 Å². The summed E-state index contributed by atoms with van der Waals surface area (Å²) in [6.07, 6.45) is 1.20. The summed E-state index contributed by atoms with van der Waals surface area (Å²) < 4.78 is 6.92. The molecular formula is C20H27N5O2. The molecule has 3 heterocycles. The van der Waals surface area contributed by atoms with Gasteiger partial charge in [0, 0.05) is 45.0 Å². The summed E-state index contributed by atoms with van der Waals surface area (Å²) in [6, 6.07) is 13.4. The molecule has 2 aromatic rings. The lowest BCUT2D eigenvalue weighted by molar-refractivity contribution is -0.124. The van der Waals surface area contributed by atoms with Crippen molar-refractivity contribution in [1.29, 1.82) is 0 Å². The maximum absolute atomic E-state index is 11.5. The summed E-state index contributed by atoms with van der Waals surface area (Å²) in [5.74, 6) is -0.114. The van der Waals surface area contributed by atoms with Crippen LogP contribution >= 0.6 is 0 Å². The van der Waals surface area contributed by atoms with Crippen LogP contribution in [0.5, 0.6) is 0 Å². The van der Waals surface area contributed by atoms with E-state index in [2.05, 4.69) is 61.3 Å². The van der Waals surface area contributed by atoms with Gasteiger partial charge < -0.3 is 15.0 Å². The zero-order chi connectivity index (χ0) is 18.6. The Hall–Kier alpha value is -2.38. The van der Waals surface area contributed by atoms with Crippen LogP contribution in [0.1, 0.15) is 17.8 Å². The number of hydrogen-bond acceptors (Lipinski definition) is 5. The van der Waals surface area contributed by atoms with Gasteiger partial charge in [0.05, 0.1) is 24.5 Å². The molecular weight excluding hydrogens is 342 g/mol. The fourth-order valence-corrected chi connectivity index (χ4v) is 4.03. The van der Waals surface area contributed by atoms with Crippen LogP contribution in [0, 0.1) is 0 Å². The minimum atomic E-state index is -0.114. The van der Waals surface area contributed by atoms with E-state index in [0.29, 0.717) is 12.6 Å². The average Bonchev–Trinajstić information content (AvgIpc) is 3.33. The monoisotopic (exact) mass is 369 g/mol. The second kappa shape index (κ2) is 8.10. The van der Waals surface area contributed by atoms with E-state index < -0.39 is 0 Å². The van der Waals surface area contributed by atoms with Crippen molar-refractivity contribution in [3.05, 3.63) is 47.8 Å². The maximum atomic E-state index is 11.5. The highest BCUT2D eigenvalue weighted by Gasteiger charge is 2.30. The third-order valence-electron chi connectivity index (χ3n) is 5.42. The average molecular weight is 369 g/mol. The number of ether oxygens (including phenoxy) is 1. The molecule has 0 unspecified atom stereocenters. The number of nitrogens with zero attached hydrogens (tertiary/aromatic N) is 4. The Balaban J connectivity index is 1.34. The number of benzene rings is 1. The van der Waals surface area contributed by atoms with Gasteiger partial charge in [-0.25, -0.2) is 0 Å². The molecule has 1 amide bonds. The van der Waals surface area contributed by atoms with Gasteiger partial charge in [-0.2, -0.15) is 5.10 Å². The number of fused-ring (bicyclic) bond motifs is 1. The fourth-order valence-electron chi connectivity index (χ4n) is 4.03. The van der Waals surface area contributed by atoms with Gasteiger partial charge >= 0.3 is 0 Å². The molecule has 0 spiro atoms. The van der Waals surface area contributed by atoms with Crippen molar-refractivity contribution in [3.63, 3.8) is 0 Å². The summed E-state index contributed by atoms with van der Waals surface area (Å²) in [6.45, 7) is 5.58. The van der Waals surface area contributed by atoms with E-state index in [1.165, 1.54) is 24.9 Å². The van der Waals surface area contributed by atoms with Gasteiger partial charge in [-0.1, -0.05) is 18.2 Å². The number of rotatable bonds is 6. The lowest BCUT2D eigenvalue weighted by atomic mass is 10.2. The molecule has 0 saturated carbocycles. The van der Waals surface area contributed by atoms with Crippen molar-refractivity contribution in [3.8, 4) is 0 Å². The Bertz CT molecular complexity index is 776. The molecule has 4 rings (SSSR count). The zero-order valence-electron chi connectivity index (χ0n) is 15.8. The first kappa shape index (κ1) is 18.0. The molecule has 144 valence electrons. The number of carbonyl (C=O) groups is 1. The Kier molecular flexibility index (Phi) is 5.40. The highest BCUT2D eigenvalue weighted by atomic mass is 16.5. The minimum absolute atomic E-state index is 0.0843. The van der Waals surface area contributed by atoms with Gasteiger partial charge in [-0.15, -0.1) is 0 Å². The Morgan fingerprint density at radius 3 is 2.93 bits per heavy atom. The van der Waals surface area contributed by atoms with Crippen LogP contribution in [0.4, 0.5) is 5.69 Å². The minimum Gasteiger partial charge on any atom is -0.375 e. The van der Waals surface area contributed by atoms with Crippen molar-refractivity contribution in [2.24, 2.45) is 0 Å². The molecule has 7 heteroatoms. The molecule has 1 aromatic carbocycles. The second-order valence-electron chi connectivity index (χ2n) is 7.25. The van der Waals surface area contributed by atoms with Gasteiger partial charge in [0.1, 0.15) is 6.61 Å². The van der Waals surface area contributed by atoms with Crippen LogP contribution in [-0.4, -0.2) is 60.0 Å². The first-order chi connectivity index (χ1) is 13.2. The molecule has 0 bridgehead atoms. The van der Waals surface area contributed by atoms with Crippen molar-refractivity contribution in [2.45, 2.75) is 32.1 Å². The number of carbonyl (C=O) groups excluding carboxylic acids is 1. The Morgan fingerprint density at radius 2 is 2.11 bits per heavy atom. The summed E-state index contributed by atoms with van der Waals surface area (Å²) in [5, 5.41) is 7.47. The molecule has 1 fully saturated rings. The summed E-state index contributed by atoms with van der Waals surface area (Å²) >= 11 is 0. The number of amides is 1. The van der Waals surface area contributed by atoms with E-state index in [1.807, 2.05) is 0 Å². The van der Waals surface area contributed by atoms with E-state index in [1.54, 1.807) is 0 Å². The number of nitrogens with one attached hydrogen (secondary N) is 1. The van der Waals surface area contributed by atoms with Crippen LogP contribution in [-0.2, 0) is 29.2 Å². The number of para-hydroxylation sites is 1. The predicted octanol–water partition coefficient (Wildman–Crippen LogP) is 1.24. The first-order valence-electron chi connectivity index (χ1n) is 9.58. The van der Waals surface area contributed by atoms with E-state index in [-0.39, 0.29) is 12.5 Å². The number of methoxy groups -OCH3 is 1. The first-order valence-corrected chi connectivity index (χ1v) is 9.58. The summed E-state index contributed by atoms with van der Waals surface area (Å²) in [7, 11) is 1.52. The molecule has 7 nitrogen and oxygen atoms in total. The van der Waals surface area contributed by atoms with Crippen molar-refractivity contribution >= 4 is 11.6 Å². The quantitative estimate of drug-likeness (QED) is 0.830. The highest BCUT2D eigenvalue weighted by molar-refractivity contribution is 5.77. The molecule has 1 N–H and O–H groups in total. The van der Waals surface area contributed by atoms with Gasteiger partial charge in [0.15, 0.2) is 0 Å². The summed E-state index contributed by atoms with van der Waals surface area (Å²) in [5.41, 5.74) is 3.46. The SMILES string of the molecule is COCC(=O)NCc1cc2n(n1)CCN([C@@H]1CCN(c3ccccc3)C1)C2. The lowest BCUT2D eigenvalue weighted by Crippen LogP contribution is -2.42. The smallest absolute Gasteiger partial charge is 0.246 e. The highest BCUT2D eigenvalue weighted by Crippen LogP contribution is 2.25. The molecule has 2 aliphatic heterocycles. The molecule has 1 atom stereocenters. The number of hydrogen-bond donors (Lipinski definition) is 1. The second-order valence-corrected chi connectivity index (χ2v) is 7.25. The zero-order valence-corrected chi connectivity index (χ0v) is 15.8. The third-order valence-corrected chi connectivity index (χ3v) is 5.42. The van der Waals surface area contributed by atoms with Crippen molar-refractivity contribution < 1.29 is 9.53 Å². The largest absolute Gasteiger partial charge is 0.375 e. The maximum Gasteiger partial charge on any atom is 0.246 e. The van der Waals surface area contributed by atoms with Gasteiger partial charge in [0.25, 0.3) is 0 Å². The van der Waals surface area contributed by atoms with Gasteiger partial charge in [-0.3, -0.25) is 14.4 Å². The van der Waals surface area contributed by atoms with E-state index >= 15 is 0 Å². The van der Waals surface area contributed by atoms with Crippen LogP contribution in [0.25, 0.3) is 0 Å². The van der Waals surface area contributed by atoms with Crippen LogP contribution in [0.2, 0.25) is 0 Å². The molecule has 0 radical (unpaired) electrons. The standard InChI is InChI=1S/C20H27N5O2/c1-27-15-20(26)21-12-16-11-19-14-24(9-10-25(19)22-16)18-7-8-23(13-18)17-5-3-2-4-6-17/h2-6,11,18H,7-10,12-15H2,1H3,(H,21,26)/t18-/m1/s1. The Morgan fingerprint density at radius 1 is 1.26 bits per heavy atom. The van der Waals surface area contributed by atoms with E-state index in [0.717, 1.165) is 38.4 Å².